The predicted octanol–water partition coefficient (Wildman–Crippen LogP) is 3.38. The van der Waals surface area contributed by atoms with Crippen molar-refractivity contribution in [3.8, 4) is 0 Å². The summed E-state index contributed by atoms with van der Waals surface area (Å²) in [7, 11) is 0. The predicted molar refractivity (Wildman–Crippen MR) is 83.8 cm³/mol. The molecule has 3 heteroatoms. The molecule has 108 valence electrons. The summed E-state index contributed by atoms with van der Waals surface area (Å²) in [5.41, 5.74) is 2.58. The molecule has 1 aromatic rings. The van der Waals surface area contributed by atoms with E-state index in [2.05, 4.69) is 50.0 Å². The van der Waals surface area contributed by atoms with Crippen LogP contribution in [-0.4, -0.2) is 24.6 Å². The van der Waals surface area contributed by atoms with Gasteiger partial charge in [0.2, 0.25) is 0 Å². The van der Waals surface area contributed by atoms with Crippen LogP contribution in [0.3, 0.4) is 0 Å². The van der Waals surface area contributed by atoms with E-state index in [1.807, 2.05) is 0 Å². The van der Waals surface area contributed by atoms with Crippen molar-refractivity contribution in [1.82, 2.24) is 10.3 Å². The van der Waals surface area contributed by atoms with E-state index in [1.165, 1.54) is 17.7 Å². The van der Waals surface area contributed by atoms with Gasteiger partial charge in [0.1, 0.15) is 5.82 Å². The van der Waals surface area contributed by atoms with Crippen molar-refractivity contribution in [2.24, 2.45) is 0 Å². The van der Waals surface area contributed by atoms with Crippen LogP contribution in [0.4, 0.5) is 5.82 Å². The molecule has 1 aromatic heterocycles. The van der Waals surface area contributed by atoms with Crippen LogP contribution in [0.1, 0.15) is 51.8 Å². The Hall–Kier alpha value is -1.09. The summed E-state index contributed by atoms with van der Waals surface area (Å²) >= 11 is 0. The van der Waals surface area contributed by atoms with Gasteiger partial charge in [-0.15, -0.1) is 0 Å². The molecule has 0 amide bonds. The summed E-state index contributed by atoms with van der Waals surface area (Å²) < 4.78 is 0. The van der Waals surface area contributed by atoms with E-state index in [-0.39, 0.29) is 0 Å². The summed E-state index contributed by atoms with van der Waals surface area (Å²) in [6.07, 6.45) is 3.39. The van der Waals surface area contributed by atoms with Gasteiger partial charge in [-0.1, -0.05) is 20.3 Å². The average Bonchev–Trinajstić information content (AvgIpc) is 2.41. The minimum Gasteiger partial charge on any atom is -0.357 e. The molecule has 0 atom stereocenters. The Balaban J connectivity index is 2.89. The lowest BCUT2D eigenvalue weighted by Crippen LogP contribution is -2.24. The molecule has 1 N–H and O–H groups in total. The number of hydrogen-bond donors (Lipinski definition) is 1. The number of anilines is 1. The molecule has 1 heterocycles. The number of aryl methyl sites for hydroxylation is 1. The zero-order chi connectivity index (χ0) is 14.1. The molecule has 0 spiro atoms. The Morgan fingerprint density at radius 2 is 1.79 bits per heavy atom. The molecule has 0 bridgehead atoms. The minimum atomic E-state index is 0.946. The summed E-state index contributed by atoms with van der Waals surface area (Å²) in [6.45, 7) is 12.8. The van der Waals surface area contributed by atoms with Gasteiger partial charge < -0.3 is 10.2 Å². The van der Waals surface area contributed by atoms with Crippen LogP contribution in [0.2, 0.25) is 0 Å². The molecule has 3 nitrogen and oxygen atoms in total. The number of hydrogen-bond acceptors (Lipinski definition) is 3. The van der Waals surface area contributed by atoms with Crippen LogP contribution in [-0.2, 0) is 13.0 Å². The number of pyridine rings is 1. The van der Waals surface area contributed by atoms with Crippen molar-refractivity contribution in [1.29, 1.82) is 0 Å². The maximum absolute atomic E-state index is 4.79. The molecule has 0 aromatic carbocycles. The van der Waals surface area contributed by atoms with Gasteiger partial charge in [-0.25, -0.2) is 4.98 Å². The highest BCUT2D eigenvalue weighted by molar-refractivity contribution is 5.42. The zero-order valence-electron chi connectivity index (χ0n) is 13.0. The highest BCUT2D eigenvalue weighted by atomic mass is 15.2. The molecule has 0 unspecified atom stereocenters. The van der Waals surface area contributed by atoms with Crippen LogP contribution < -0.4 is 10.2 Å². The molecule has 0 fully saturated rings. The van der Waals surface area contributed by atoms with Crippen molar-refractivity contribution in [2.75, 3.05) is 24.5 Å². The maximum Gasteiger partial charge on any atom is 0.129 e. The summed E-state index contributed by atoms with van der Waals surface area (Å²) in [6, 6.07) is 4.48. The van der Waals surface area contributed by atoms with Gasteiger partial charge in [-0.2, -0.15) is 0 Å². The molecule has 0 radical (unpaired) electrons. The van der Waals surface area contributed by atoms with E-state index in [0.29, 0.717) is 0 Å². The van der Waals surface area contributed by atoms with Gasteiger partial charge >= 0.3 is 0 Å². The van der Waals surface area contributed by atoms with Gasteiger partial charge in [0.05, 0.1) is 0 Å². The zero-order valence-corrected chi connectivity index (χ0v) is 13.0. The lowest BCUT2D eigenvalue weighted by Gasteiger charge is -2.21. The molecule has 0 aliphatic heterocycles. The monoisotopic (exact) mass is 263 g/mol. The van der Waals surface area contributed by atoms with Gasteiger partial charge in [-0.3, -0.25) is 0 Å². The van der Waals surface area contributed by atoms with E-state index in [9.17, 15) is 0 Å². The number of rotatable bonds is 9. The lowest BCUT2D eigenvalue weighted by molar-refractivity contribution is 0.673. The molecular formula is C16H29N3. The fourth-order valence-electron chi connectivity index (χ4n) is 2.24. The van der Waals surface area contributed by atoms with Crippen LogP contribution in [0, 0.1) is 0 Å². The third-order valence-corrected chi connectivity index (χ3v) is 3.27. The third kappa shape index (κ3) is 5.19. The summed E-state index contributed by atoms with van der Waals surface area (Å²) in [5, 5.41) is 3.48. The maximum atomic E-state index is 4.79. The second kappa shape index (κ2) is 8.92. The van der Waals surface area contributed by atoms with Gasteiger partial charge in [-0.05, 0) is 50.9 Å². The fourth-order valence-corrected chi connectivity index (χ4v) is 2.24. The van der Waals surface area contributed by atoms with Crippen molar-refractivity contribution in [3.63, 3.8) is 0 Å². The van der Waals surface area contributed by atoms with Crippen molar-refractivity contribution >= 4 is 5.82 Å². The van der Waals surface area contributed by atoms with Crippen molar-refractivity contribution in [3.05, 3.63) is 23.4 Å². The molecule has 19 heavy (non-hydrogen) atoms. The van der Waals surface area contributed by atoms with E-state index in [0.717, 1.165) is 44.8 Å². The first-order valence-corrected chi connectivity index (χ1v) is 7.70. The summed E-state index contributed by atoms with van der Waals surface area (Å²) in [5.74, 6) is 1.13. The van der Waals surface area contributed by atoms with Crippen molar-refractivity contribution < 1.29 is 0 Å². The first kappa shape index (κ1) is 16.0. The smallest absolute Gasteiger partial charge is 0.129 e. The van der Waals surface area contributed by atoms with Gasteiger partial charge in [0.25, 0.3) is 0 Å². The average molecular weight is 263 g/mol. The molecule has 0 aliphatic rings. The van der Waals surface area contributed by atoms with E-state index in [1.54, 1.807) is 0 Å². The Morgan fingerprint density at radius 3 is 2.37 bits per heavy atom. The standard InChI is InChI=1S/C16H29N3/c1-5-9-15-11-14(13-17-10-6-2)12-16(18-15)19(7-3)8-4/h11-12,17H,5-10,13H2,1-4H3. The Kier molecular flexibility index (Phi) is 7.49. The van der Waals surface area contributed by atoms with E-state index in [4.69, 9.17) is 4.98 Å². The first-order valence-electron chi connectivity index (χ1n) is 7.70. The van der Waals surface area contributed by atoms with E-state index < -0.39 is 0 Å². The first-order chi connectivity index (χ1) is 9.24. The van der Waals surface area contributed by atoms with Crippen molar-refractivity contribution in [2.45, 2.75) is 53.5 Å². The number of aromatic nitrogens is 1. The third-order valence-electron chi connectivity index (χ3n) is 3.27. The molecule has 0 saturated heterocycles. The number of nitrogens with zero attached hydrogens (tertiary/aromatic N) is 2. The van der Waals surface area contributed by atoms with Crippen LogP contribution in [0.15, 0.2) is 12.1 Å². The lowest BCUT2D eigenvalue weighted by atomic mass is 10.1. The van der Waals surface area contributed by atoms with Crippen LogP contribution >= 0.6 is 0 Å². The second-order valence-electron chi connectivity index (χ2n) is 4.92. The second-order valence-corrected chi connectivity index (χ2v) is 4.92. The quantitative estimate of drug-likeness (QED) is 0.692. The minimum absolute atomic E-state index is 0.946. The molecule has 0 aliphatic carbocycles. The molecular weight excluding hydrogens is 234 g/mol. The molecule has 1 rings (SSSR count). The Labute approximate surface area is 118 Å². The highest BCUT2D eigenvalue weighted by Crippen LogP contribution is 2.16. The van der Waals surface area contributed by atoms with Gasteiger partial charge in [0.15, 0.2) is 0 Å². The number of nitrogens with one attached hydrogen (secondary N) is 1. The van der Waals surface area contributed by atoms with E-state index >= 15 is 0 Å². The fraction of sp³-hybridized carbons (Fsp3) is 0.688. The SMILES string of the molecule is CCCNCc1cc(CCC)nc(N(CC)CC)c1. The topological polar surface area (TPSA) is 28.2 Å². The highest BCUT2D eigenvalue weighted by Gasteiger charge is 2.07. The normalized spacial score (nSPS) is 10.7. The summed E-state index contributed by atoms with van der Waals surface area (Å²) in [4.78, 5) is 7.11. The van der Waals surface area contributed by atoms with Gasteiger partial charge in [0, 0.05) is 25.3 Å². The van der Waals surface area contributed by atoms with Crippen LogP contribution in [0.25, 0.3) is 0 Å². The Morgan fingerprint density at radius 1 is 1.05 bits per heavy atom. The largest absolute Gasteiger partial charge is 0.357 e. The molecule has 0 saturated carbocycles. The Bertz CT molecular complexity index is 359. The van der Waals surface area contributed by atoms with Crippen LogP contribution in [0.5, 0.6) is 0 Å².